The van der Waals surface area contributed by atoms with Crippen LogP contribution in [0.15, 0.2) is 95.8 Å². The molecule has 2 aromatic carbocycles. The number of carbonyl (C=O) groups is 4. The zero-order chi connectivity index (χ0) is 35.5. The lowest BCUT2D eigenvalue weighted by Crippen LogP contribution is -2.43. The Labute approximate surface area is 294 Å². The van der Waals surface area contributed by atoms with Crippen molar-refractivity contribution in [3.05, 3.63) is 114 Å². The van der Waals surface area contributed by atoms with E-state index in [2.05, 4.69) is 25.6 Å². The molecule has 3 aromatic heterocycles. The van der Waals surface area contributed by atoms with Crippen LogP contribution in [-0.4, -0.2) is 73.6 Å². The number of amides is 4. The summed E-state index contributed by atoms with van der Waals surface area (Å²) in [7, 11) is 0. The number of aryl methyl sites for hydroxylation is 2. The smallest absolute Gasteiger partial charge is 0.256 e. The number of oxazole rings is 1. The third kappa shape index (κ3) is 6.98. The maximum Gasteiger partial charge on any atom is 0.256 e. The minimum absolute atomic E-state index is 0.185. The van der Waals surface area contributed by atoms with Gasteiger partial charge in [-0.1, -0.05) is 0 Å². The van der Waals surface area contributed by atoms with Crippen LogP contribution in [0.4, 0.5) is 11.4 Å². The highest BCUT2D eigenvalue weighted by molar-refractivity contribution is 6.03. The second-order valence-electron chi connectivity index (χ2n) is 12.7. The molecule has 258 valence electrons. The van der Waals surface area contributed by atoms with E-state index in [1.807, 2.05) is 24.3 Å². The third-order valence-corrected chi connectivity index (χ3v) is 9.45. The number of anilines is 2. The maximum absolute atomic E-state index is 13.2. The van der Waals surface area contributed by atoms with E-state index in [4.69, 9.17) is 4.42 Å². The van der Waals surface area contributed by atoms with Gasteiger partial charge < -0.3 is 24.9 Å². The van der Waals surface area contributed by atoms with Crippen molar-refractivity contribution in [2.75, 3.05) is 23.7 Å². The Morgan fingerprint density at radius 2 is 1.12 bits per heavy atom. The standard InChI is InChI=1S/C39H37N7O5/c1-24-30(7-3-19-40-24)38(49)45-21-5-9-32(45)35(47)43-28-15-11-26(12-16-28)34-23-42-37(51-34)27-13-17-29(18-14-27)44-36(48)33-10-6-22-46(33)39(50)31-8-4-20-41-25(31)2/h3-4,7-8,11-20,23,32-33H,5-6,9-10,21-22H2,1-2H3,(H,43,47)(H,44,48). The highest BCUT2D eigenvalue weighted by atomic mass is 16.4. The van der Waals surface area contributed by atoms with Crippen molar-refractivity contribution in [2.24, 2.45) is 0 Å². The quantitative estimate of drug-likeness (QED) is 0.205. The molecule has 2 atom stereocenters. The molecule has 2 saturated heterocycles. The van der Waals surface area contributed by atoms with Gasteiger partial charge in [0.15, 0.2) is 5.76 Å². The molecule has 2 aliphatic heterocycles. The lowest BCUT2D eigenvalue weighted by Gasteiger charge is -2.24. The number of hydrogen-bond acceptors (Lipinski definition) is 8. The van der Waals surface area contributed by atoms with Crippen molar-refractivity contribution >= 4 is 35.0 Å². The minimum atomic E-state index is -0.561. The first-order chi connectivity index (χ1) is 24.8. The molecular formula is C39H37N7O5. The van der Waals surface area contributed by atoms with E-state index in [9.17, 15) is 19.2 Å². The van der Waals surface area contributed by atoms with Crippen LogP contribution in [0.1, 0.15) is 57.8 Å². The monoisotopic (exact) mass is 683 g/mol. The van der Waals surface area contributed by atoms with Gasteiger partial charge in [-0.15, -0.1) is 0 Å². The predicted molar refractivity (Wildman–Crippen MR) is 191 cm³/mol. The van der Waals surface area contributed by atoms with E-state index in [-0.39, 0.29) is 23.6 Å². The minimum Gasteiger partial charge on any atom is -0.436 e. The predicted octanol–water partition coefficient (Wildman–Crippen LogP) is 5.90. The first kappa shape index (κ1) is 33.3. The molecule has 51 heavy (non-hydrogen) atoms. The summed E-state index contributed by atoms with van der Waals surface area (Å²) in [6.07, 6.45) is 7.61. The lowest BCUT2D eigenvalue weighted by atomic mass is 10.1. The van der Waals surface area contributed by atoms with Gasteiger partial charge in [-0.25, -0.2) is 4.98 Å². The largest absolute Gasteiger partial charge is 0.436 e. The zero-order valence-corrected chi connectivity index (χ0v) is 28.3. The molecule has 5 aromatic rings. The fourth-order valence-electron chi connectivity index (χ4n) is 6.70. The van der Waals surface area contributed by atoms with Crippen LogP contribution in [0.25, 0.3) is 22.8 Å². The van der Waals surface area contributed by atoms with E-state index in [1.54, 1.807) is 90.8 Å². The Balaban J connectivity index is 0.955. The number of hydrogen-bond donors (Lipinski definition) is 2. The topological polar surface area (TPSA) is 151 Å². The Morgan fingerprint density at radius 3 is 1.59 bits per heavy atom. The number of benzene rings is 2. The molecule has 4 amide bonds. The maximum atomic E-state index is 13.2. The van der Waals surface area contributed by atoms with Gasteiger partial charge in [-0.2, -0.15) is 0 Å². The second-order valence-corrected chi connectivity index (χ2v) is 12.7. The normalized spacial score (nSPS) is 17.0. The van der Waals surface area contributed by atoms with Crippen LogP contribution in [0.5, 0.6) is 0 Å². The van der Waals surface area contributed by atoms with Crippen LogP contribution < -0.4 is 10.6 Å². The van der Waals surface area contributed by atoms with E-state index in [0.717, 1.165) is 24.0 Å². The van der Waals surface area contributed by atoms with E-state index >= 15 is 0 Å². The molecule has 2 fully saturated rings. The molecule has 2 unspecified atom stereocenters. The van der Waals surface area contributed by atoms with Gasteiger partial charge in [-0.3, -0.25) is 29.1 Å². The molecular weight excluding hydrogens is 646 g/mol. The van der Waals surface area contributed by atoms with Gasteiger partial charge in [0.2, 0.25) is 17.7 Å². The summed E-state index contributed by atoms with van der Waals surface area (Å²) in [6.45, 7) is 4.61. The second kappa shape index (κ2) is 14.4. The fourth-order valence-corrected chi connectivity index (χ4v) is 6.70. The fraction of sp³-hybridized carbons (Fsp3) is 0.256. The van der Waals surface area contributed by atoms with Crippen molar-refractivity contribution in [1.29, 1.82) is 0 Å². The molecule has 0 radical (unpaired) electrons. The summed E-state index contributed by atoms with van der Waals surface area (Å²) >= 11 is 0. The summed E-state index contributed by atoms with van der Waals surface area (Å²) in [5.41, 5.74) is 5.00. The molecule has 5 heterocycles. The van der Waals surface area contributed by atoms with Crippen molar-refractivity contribution < 1.29 is 23.6 Å². The Kier molecular flexibility index (Phi) is 9.38. The average Bonchev–Trinajstić information content (AvgIpc) is 3.94. The van der Waals surface area contributed by atoms with Crippen LogP contribution in [-0.2, 0) is 9.59 Å². The number of nitrogens with zero attached hydrogens (tertiary/aromatic N) is 5. The van der Waals surface area contributed by atoms with Gasteiger partial charge in [0.1, 0.15) is 12.1 Å². The molecule has 2 N–H and O–H groups in total. The van der Waals surface area contributed by atoms with E-state index in [0.29, 0.717) is 71.5 Å². The Morgan fingerprint density at radius 1 is 0.647 bits per heavy atom. The first-order valence-corrected chi connectivity index (χ1v) is 17.0. The van der Waals surface area contributed by atoms with Crippen molar-refractivity contribution in [1.82, 2.24) is 24.8 Å². The molecule has 12 nitrogen and oxygen atoms in total. The Hall–Kier alpha value is -6.17. The summed E-state index contributed by atoms with van der Waals surface area (Å²) in [6, 6.07) is 20.2. The number of rotatable bonds is 8. The number of pyridine rings is 2. The molecule has 0 bridgehead atoms. The number of aromatic nitrogens is 3. The molecule has 2 aliphatic rings. The van der Waals surface area contributed by atoms with Crippen molar-refractivity contribution in [3.63, 3.8) is 0 Å². The summed E-state index contributed by atoms with van der Waals surface area (Å²) in [5.74, 6) is 0.125. The summed E-state index contributed by atoms with van der Waals surface area (Å²) in [5, 5.41) is 5.90. The van der Waals surface area contributed by atoms with E-state index < -0.39 is 12.1 Å². The van der Waals surface area contributed by atoms with Crippen molar-refractivity contribution in [2.45, 2.75) is 51.6 Å². The molecule has 0 saturated carbocycles. The highest BCUT2D eigenvalue weighted by Crippen LogP contribution is 2.29. The number of likely N-dealkylation sites (tertiary alicyclic amines) is 2. The van der Waals surface area contributed by atoms with Gasteiger partial charge >= 0.3 is 0 Å². The lowest BCUT2D eigenvalue weighted by molar-refractivity contribution is -0.120. The zero-order valence-electron chi connectivity index (χ0n) is 28.3. The first-order valence-electron chi connectivity index (χ1n) is 17.0. The molecule has 7 rings (SSSR count). The van der Waals surface area contributed by atoms with E-state index in [1.165, 1.54) is 0 Å². The molecule has 0 aliphatic carbocycles. The summed E-state index contributed by atoms with van der Waals surface area (Å²) in [4.78, 5) is 69.0. The van der Waals surface area contributed by atoms with Crippen LogP contribution in [0.2, 0.25) is 0 Å². The van der Waals surface area contributed by atoms with Gasteiger partial charge in [-0.05, 0) is 112 Å². The van der Waals surface area contributed by atoms with Gasteiger partial charge in [0, 0.05) is 59.4 Å². The van der Waals surface area contributed by atoms with Crippen LogP contribution in [0, 0.1) is 13.8 Å². The molecule has 0 spiro atoms. The van der Waals surface area contributed by atoms with Gasteiger partial charge in [0.25, 0.3) is 11.8 Å². The number of carbonyl (C=O) groups excluding carboxylic acids is 4. The molecule has 12 heteroatoms. The van der Waals surface area contributed by atoms with Crippen LogP contribution in [0.3, 0.4) is 0 Å². The van der Waals surface area contributed by atoms with Gasteiger partial charge in [0.05, 0.1) is 17.3 Å². The third-order valence-electron chi connectivity index (χ3n) is 9.45. The highest BCUT2D eigenvalue weighted by Gasteiger charge is 2.36. The number of nitrogens with one attached hydrogen (secondary N) is 2. The van der Waals surface area contributed by atoms with Crippen LogP contribution >= 0.6 is 0 Å². The summed E-state index contributed by atoms with van der Waals surface area (Å²) < 4.78 is 6.06. The average molecular weight is 684 g/mol. The SMILES string of the molecule is Cc1ncccc1C(=O)N1CCCC1C(=O)Nc1ccc(-c2cnc(-c3ccc(NC(=O)C4CCCN4C(=O)c4cccnc4C)cc3)o2)cc1. The van der Waals surface area contributed by atoms with Crippen molar-refractivity contribution in [3.8, 4) is 22.8 Å². The Bertz CT molecular complexity index is 1950.